The van der Waals surface area contributed by atoms with E-state index in [2.05, 4.69) is 22.1 Å². The Bertz CT molecular complexity index is 933. The van der Waals surface area contributed by atoms with Crippen LogP contribution >= 0.6 is 23.2 Å². The van der Waals surface area contributed by atoms with Crippen LogP contribution in [-0.2, 0) is 20.7 Å². The second-order valence-corrected chi connectivity index (χ2v) is 7.23. The van der Waals surface area contributed by atoms with Gasteiger partial charge in [0.2, 0.25) is 0 Å². The first-order valence-electron chi connectivity index (χ1n) is 9.73. The maximum atomic E-state index is 12.8. The van der Waals surface area contributed by atoms with Crippen LogP contribution in [-0.4, -0.2) is 32.8 Å². The normalized spacial score (nSPS) is 11.5. The molecule has 1 unspecified atom stereocenters. The third-order valence-electron chi connectivity index (χ3n) is 4.20. The van der Waals surface area contributed by atoms with Crippen molar-refractivity contribution >= 4 is 29.1 Å². The molecule has 5 nitrogen and oxygen atoms in total. The highest BCUT2D eigenvalue weighted by atomic mass is 35.5. The Morgan fingerprint density at radius 3 is 2.61 bits per heavy atom. The molecule has 31 heavy (non-hydrogen) atoms. The summed E-state index contributed by atoms with van der Waals surface area (Å²) in [6.07, 6.45) is 6.05. The molecule has 1 atom stereocenters. The Hall–Kier alpha value is -2.65. The lowest BCUT2D eigenvalue weighted by Gasteiger charge is -2.18. The molecule has 0 spiro atoms. The number of hydrogen-bond acceptors (Lipinski definition) is 4. The van der Waals surface area contributed by atoms with Crippen LogP contribution in [0.3, 0.4) is 0 Å². The summed E-state index contributed by atoms with van der Waals surface area (Å²) < 4.78 is 15.9. The molecule has 0 fully saturated rings. The molecular formula is C24H25Cl2NO4. The molecular weight excluding hydrogens is 437 g/mol. The molecule has 0 aromatic heterocycles. The molecule has 2 aromatic rings. The standard InChI is InChI=1S/C24H25Cl2NO4/c1-3-4-15-31-23(19-8-11-21(25)22(26)17-19)24(28)27-13-12-18-6-9-20(10-7-18)30-16-5-14-29-2/h3-4,6-11,17,23H,12-13,15-16H2,1-2H3,(H,27,28). The van der Waals surface area contributed by atoms with E-state index in [0.29, 0.717) is 35.2 Å². The van der Waals surface area contributed by atoms with Gasteiger partial charge in [0.25, 0.3) is 5.91 Å². The Morgan fingerprint density at radius 2 is 1.94 bits per heavy atom. The summed E-state index contributed by atoms with van der Waals surface area (Å²) in [4.78, 5) is 12.8. The Kier molecular flexibility index (Phi) is 10.8. The largest absolute Gasteiger partial charge is 0.481 e. The summed E-state index contributed by atoms with van der Waals surface area (Å²) in [6.45, 7) is 2.92. The van der Waals surface area contributed by atoms with Crippen molar-refractivity contribution in [2.45, 2.75) is 19.4 Å². The molecule has 0 saturated heterocycles. The number of benzene rings is 2. The number of nitrogens with one attached hydrogen (secondary N) is 1. The zero-order chi connectivity index (χ0) is 22.5. The average molecular weight is 462 g/mol. The first-order valence-corrected chi connectivity index (χ1v) is 10.5. The van der Waals surface area contributed by atoms with Crippen LogP contribution in [0.25, 0.3) is 0 Å². The minimum absolute atomic E-state index is 0.237. The zero-order valence-electron chi connectivity index (χ0n) is 17.5. The molecule has 7 heteroatoms. The van der Waals surface area contributed by atoms with Crippen molar-refractivity contribution in [2.24, 2.45) is 0 Å². The Balaban J connectivity index is 1.91. The molecule has 1 N–H and O–H groups in total. The van der Waals surface area contributed by atoms with Gasteiger partial charge in [0.1, 0.15) is 11.9 Å². The maximum Gasteiger partial charge on any atom is 0.253 e. The first-order chi connectivity index (χ1) is 15.0. The van der Waals surface area contributed by atoms with Crippen molar-refractivity contribution in [3.63, 3.8) is 0 Å². The highest BCUT2D eigenvalue weighted by Gasteiger charge is 2.21. The SMILES string of the molecule is CC=CCOC(C(=O)NCCc1ccc(OCC#COC)cc1)c1ccc(Cl)c(Cl)c1. The van der Waals surface area contributed by atoms with E-state index in [1.807, 2.05) is 43.3 Å². The van der Waals surface area contributed by atoms with E-state index in [9.17, 15) is 4.79 Å². The minimum Gasteiger partial charge on any atom is -0.481 e. The van der Waals surface area contributed by atoms with E-state index in [4.69, 9.17) is 32.7 Å². The van der Waals surface area contributed by atoms with Gasteiger partial charge in [-0.1, -0.05) is 53.6 Å². The van der Waals surface area contributed by atoms with E-state index in [1.165, 1.54) is 7.11 Å². The molecule has 0 aliphatic heterocycles. The van der Waals surface area contributed by atoms with Gasteiger partial charge in [-0.15, -0.1) is 0 Å². The van der Waals surface area contributed by atoms with E-state index < -0.39 is 6.10 Å². The smallest absolute Gasteiger partial charge is 0.253 e. The van der Waals surface area contributed by atoms with Gasteiger partial charge >= 0.3 is 0 Å². The fraction of sp³-hybridized carbons (Fsp3) is 0.292. The molecule has 2 aromatic carbocycles. The van der Waals surface area contributed by atoms with E-state index in [1.54, 1.807) is 18.2 Å². The van der Waals surface area contributed by atoms with Crippen molar-refractivity contribution in [1.82, 2.24) is 5.32 Å². The van der Waals surface area contributed by atoms with Crippen LogP contribution in [0.2, 0.25) is 10.0 Å². The van der Waals surface area contributed by atoms with Gasteiger partial charge in [-0.3, -0.25) is 4.79 Å². The lowest BCUT2D eigenvalue weighted by molar-refractivity contribution is -0.132. The number of carbonyl (C=O) groups is 1. The van der Waals surface area contributed by atoms with Crippen molar-refractivity contribution in [3.05, 3.63) is 75.8 Å². The fourth-order valence-electron chi connectivity index (χ4n) is 2.64. The third-order valence-corrected chi connectivity index (χ3v) is 4.94. The molecule has 0 aliphatic rings. The monoisotopic (exact) mass is 461 g/mol. The van der Waals surface area contributed by atoms with Crippen molar-refractivity contribution in [3.8, 4) is 17.8 Å². The lowest BCUT2D eigenvalue weighted by atomic mass is 10.1. The number of ether oxygens (including phenoxy) is 3. The summed E-state index contributed by atoms with van der Waals surface area (Å²) in [5.41, 5.74) is 1.71. The molecule has 0 bridgehead atoms. The second-order valence-electron chi connectivity index (χ2n) is 6.41. The second kappa shape index (κ2) is 13.6. The number of rotatable bonds is 10. The topological polar surface area (TPSA) is 56.8 Å². The van der Waals surface area contributed by atoms with Gasteiger partial charge in [0.05, 0.1) is 23.8 Å². The highest BCUT2D eigenvalue weighted by Crippen LogP contribution is 2.27. The van der Waals surface area contributed by atoms with Crippen LogP contribution in [0.1, 0.15) is 24.2 Å². The van der Waals surface area contributed by atoms with E-state index in [-0.39, 0.29) is 12.5 Å². The van der Waals surface area contributed by atoms with Crippen LogP contribution in [0, 0.1) is 12.0 Å². The van der Waals surface area contributed by atoms with Gasteiger partial charge in [-0.25, -0.2) is 0 Å². The summed E-state index contributed by atoms with van der Waals surface area (Å²) in [5, 5.41) is 3.73. The zero-order valence-corrected chi connectivity index (χ0v) is 19.0. The predicted molar refractivity (Wildman–Crippen MR) is 123 cm³/mol. The number of amides is 1. The van der Waals surface area contributed by atoms with Crippen molar-refractivity contribution < 1.29 is 19.0 Å². The Morgan fingerprint density at radius 1 is 1.16 bits per heavy atom. The summed E-state index contributed by atoms with van der Waals surface area (Å²) in [6, 6.07) is 12.7. The van der Waals surface area contributed by atoms with E-state index >= 15 is 0 Å². The lowest BCUT2D eigenvalue weighted by Crippen LogP contribution is -2.32. The molecule has 2 rings (SSSR count). The van der Waals surface area contributed by atoms with Crippen LogP contribution in [0.4, 0.5) is 0 Å². The molecule has 1 amide bonds. The Labute approximate surface area is 193 Å². The fourth-order valence-corrected chi connectivity index (χ4v) is 2.95. The highest BCUT2D eigenvalue weighted by molar-refractivity contribution is 6.42. The number of allylic oxidation sites excluding steroid dienone is 1. The molecule has 0 saturated carbocycles. The van der Waals surface area contributed by atoms with Gasteiger partial charge in [0.15, 0.2) is 12.7 Å². The molecule has 164 valence electrons. The first kappa shape index (κ1) is 24.6. The quantitative estimate of drug-likeness (QED) is 0.400. The predicted octanol–water partition coefficient (Wildman–Crippen LogP) is 4.97. The number of methoxy groups -OCH3 is 1. The van der Waals surface area contributed by atoms with E-state index in [0.717, 1.165) is 11.3 Å². The number of hydrogen-bond donors (Lipinski definition) is 1. The molecule has 0 aliphatic carbocycles. The van der Waals surface area contributed by atoms with Gasteiger partial charge in [-0.05, 0) is 54.7 Å². The summed E-state index contributed by atoms with van der Waals surface area (Å²) in [5.74, 6) is 3.20. The summed E-state index contributed by atoms with van der Waals surface area (Å²) in [7, 11) is 1.50. The summed E-state index contributed by atoms with van der Waals surface area (Å²) >= 11 is 12.1. The van der Waals surface area contributed by atoms with Crippen molar-refractivity contribution in [2.75, 3.05) is 26.9 Å². The van der Waals surface area contributed by atoms with Gasteiger partial charge < -0.3 is 19.5 Å². The van der Waals surface area contributed by atoms with Gasteiger partial charge in [-0.2, -0.15) is 0 Å². The van der Waals surface area contributed by atoms with Gasteiger partial charge in [0, 0.05) is 6.54 Å². The van der Waals surface area contributed by atoms with Crippen LogP contribution < -0.4 is 10.1 Å². The molecule has 0 heterocycles. The van der Waals surface area contributed by atoms with Crippen LogP contribution in [0.15, 0.2) is 54.6 Å². The maximum absolute atomic E-state index is 12.8. The number of carbonyl (C=O) groups excluding carboxylic acids is 1. The molecule has 0 radical (unpaired) electrons. The van der Waals surface area contributed by atoms with Crippen LogP contribution in [0.5, 0.6) is 5.75 Å². The average Bonchev–Trinajstić information content (AvgIpc) is 2.77. The third kappa shape index (κ3) is 8.55. The number of halogens is 2. The van der Waals surface area contributed by atoms with Crippen molar-refractivity contribution in [1.29, 1.82) is 0 Å². The minimum atomic E-state index is -0.782.